The first-order chi connectivity index (χ1) is 15.0. The molecule has 0 spiro atoms. The summed E-state index contributed by atoms with van der Waals surface area (Å²) in [5.41, 5.74) is 2.44. The lowest BCUT2D eigenvalue weighted by atomic mass is 10.1. The second-order valence-electron chi connectivity index (χ2n) is 6.81. The molecular weight excluding hydrogens is 396 g/mol. The van der Waals surface area contributed by atoms with Gasteiger partial charge in [-0.25, -0.2) is 9.48 Å². The number of ether oxygens (including phenoxy) is 1. The van der Waals surface area contributed by atoms with E-state index in [1.807, 2.05) is 0 Å². The van der Waals surface area contributed by atoms with E-state index in [2.05, 4.69) is 23.0 Å². The van der Waals surface area contributed by atoms with E-state index in [4.69, 9.17) is 4.74 Å². The Bertz CT molecular complexity index is 1230. The lowest BCUT2D eigenvalue weighted by molar-refractivity contribution is -0.117. The first kappa shape index (κ1) is 21.6. The maximum absolute atomic E-state index is 12.2. The SMILES string of the molecule is COC(=O)c1nn(-c2cccc(C#CC(O)CCN(C)C=O)c2)c2cc(C#N)ccc12. The van der Waals surface area contributed by atoms with E-state index < -0.39 is 12.1 Å². The zero-order valence-electron chi connectivity index (χ0n) is 17.1. The van der Waals surface area contributed by atoms with Gasteiger partial charge in [0.2, 0.25) is 6.41 Å². The normalized spacial score (nSPS) is 11.2. The van der Waals surface area contributed by atoms with E-state index in [9.17, 15) is 20.0 Å². The molecule has 0 fully saturated rings. The molecule has 3 rings (SSSR count). The second kappa shape index (κ2) is 9.57. The van der Waals surface area contributed by atoms with Gasteiger partial charge in [-0.1, -0.05) is 17.9 Å². The van der Waals surface area contributed by atoms with Crippen LogP contribution in [-0.4, -0.2) is 59.0 Å². The first-order valence-electron chi connectivity index (χ1n) is 9.43. The van der Waals surface area contributed by atoms with E-state index in [1.54, 1.807) is 54.2 Å². The first-order valence-corrected chi connectivity index (χ1v) is 9.43. The van der Waals surface area contributed by atoms with E-state index in [0.717, 1.165) is 0 Å². The van der Waals surface area contributed by atoms with Crippen LogP contribution in [0.5, 0.6) is 0 Å². The van der Waals surface area contributed by atoms with Gasteiger partial charge in [-0.3, -0.25) is 4.79 Å². The number of aromatic nitrogens is 2. The molecule has 0 aliphatic carbocycles. The van der Waals surface area contributed by atoms with Crippen LogP contribution >= 0.6 is 0 Å². The zero-order valence-corrected chi connectivity index (χ0v) is 17.1. The third-order valence-corrected chi connectivity index (χ3v) is 4.60. The molecule has 0 saturated carbocycles. The topological polar surface area (TPSA) is 108 Å². The number of aliphatic hydroxyl groups excluding tert-OH is 1. The molecule has 1 unspecified atom stereocenters. The minimum Gasteiger partial charge on any atom is -0.464 e. The standard InChI is InChI=1S/C23H20N4O4/c1-26(15-28)11-10-19(29)8-6-16-4-3-5-18(12-16)27-21-13-17(14-24)7-9-20(21)22(25-27)23(30)31-2/h3-5,7,9,12-13,15,19,29H,10-11H2,1-2H3. The molecule has 0 aliphatic heterocycles. The number of benzene rings is 2. The monoisotopic (exact) mass is 416 g/mol. The summed E-state index contributed by atoms with van der Waals surface area (Å²) in [5, 5.41) is 24.2. The van der Waals surface area contributed by atoms with Crippen molar-refractivity contribution in [3.63, 3.8) is 0 Å². The summed E-state index contributed by atoms with van der Waals surface area (Å²) < 4.78 is 6.39. The number of methoxy groups -OCH3 is 1. The Morgan fingerprint density at radius 3 is 2.84 bits per heavy atom. The van der Waals surface area contributed by atoms with Crippen LogP contribution in [-0.2, 0) is 9.53 Å². The number of esters is 1. The van der Waals surface area contributed by atoms with Crippen molar-refractivity contribution in [2.24, 2.45) is 0 Å². The molecule has 8 nitrogen and oxygen atoms in total. The van der Waals surface area contributed by atoms with Gasteiger partial charge in [-0.2, -0.15) is 10.4 Å². The van der Waals surface area contributed by atoms with E-state index >= 15 is 0 Å². The van der Waals surface area contributed by atoms with Crippen LogP contribution in [0.3, 0.4) is 0 Å². The largest absolute Gasteiger partial charge is 0.464 e. The Morgan fingerprint density at radius 1 is 1.32 bits per heavy atom. The molecule has 2 aromatic carbocycles. The highest BCUT2D eigenvalue weighted by molar-refractivity contribution is 6.02. The molecule has 156 valence electrons. The van der Waals surface area contributed by atoms with Gasteiger partial charge in [-0.05, 0) is 36.4 Å². The number of nitrogens with zero attached hydrogens (tertiary/aromatic N) is 4. The molecule has 0 bridgehead atoms. The number of hydrogen-bond donors (Lipinski definition) is 1. The van der Waals surface area contributed by atoms with Crippen LogP contribution in [0.4, 0.5) is 0 Å². The van der Waals surface area contributed by atoms with Crippen LogP contribution in [0.1, 0.15) is 28.0 Å². The maximum atomic E-state index is 12.2. The smallest absolute Gasteiger partial charge is 0.359 e. The quantitative estimate of drug-likeness (QED) is 0.373. The molecule has 1 aromatic heterocycles. The number of fused-ring (bicyclic) bond motifs is 1. The molecule has 31 heavy (non-hydrogen) atoms. The lowest BCUT2D eigenvalue weighted by Gasteiger charge is -2.10. The summed E-state index contributed by atoms with van der Waals surface area (Å²) in [4.78, 5) is 24.2. The number of carbonyl (C=O) groups is 2. The molecule has 0 radical (unpaired) electrons. The Morgan fingerprint density at radius 2 is 2.13 bits per heavy atom. The van der Waals surface area contributed by atoms with Gasteiger partial charge in [0.1, 0.15) is 6.10 Å². The van der Waals surface area contributed by atoms with E-state index in [0.29, 0.717) is 47.1 Å². The molecular formula is C23H20N4O4. The van der Waals surface area contributed by atoms with Crippen molar-refractivity contribution in [2.75, 3.05) is 20.7 Å². The number of hydrogen-bond acceptors (Lipinski definition) is 6. The van der Waals surface area contributed by atoms with Gasteiger partial charge in [0.25, 0.3) is 0 Å². The number of aliphatic hydroxyl groups is 1. The molecule has 1 amide bonds. The van der Waals surface area contributed by atoms with Gasteiger partial charge in [0, 0.05) is 31.0 Å². The third-order valence-electron chi connectivity index (χ3n) is 4.60. The fourth-order valence-electron chi connectivity index (χ4n) is 2.96. The summed E-state index contributed by atoms with van der Waals surface area (Å²) in [7, 11) is 2.91. The van der Waals surface area contributed by atoms with Crippen molar-refractivity contribution < 1.29 is 19.4 Å². The zero-order chi connectivity index (χ0) is 22.4. The van der Waals surface area contributed by atoms with Crippen molar-refractivity contribution in [1.82, 2.24) is 14.7 Å². The highest BCUT2D eigenvalue weighted by atomic mass is 16.5. The Kier molecular flexibility index (Phi) is 6.66. The molecule has 0 saturated heterocycles. The molecule has 1 heterocycles. The molecule has 1 atom stereocenters. The molecule has 3 aromatic rings. The molecule has 1 N–H and O–H groups in total. The number of rotatable bonds is 6. The second-order valence-corrected chi connectivity index (χ2v) is 6.81. The number of carbonyl (C=O) groups excluding carboxylic acids is 2. The van der Waals surface area contributed by atoms with Gasteiger partial charge >= 0.3 is 5.97 Å². The van der Waals surface area contributed by atoms with Crippen molar-refractivity contribution >= 4 is 23.3 Å². The van der Waals surface area contributed by atoms with Crippen LogP contribution in [0.25, 0.3) is 16.6 Å². The molecule has 0 aliphatic rings. The summed E-state index contributed by atoms with van der Waals surface area (Å²) in [6.45, 7) is 0.399. The fourth-order valence-corrected chi connectivity index (χ4v) is 2.96. The Hall–Kier alpha value is -4.14. The van der Waals surface area contributed by atoms with Gasteiger partial charge in [-0.15, -0.1) is 0 Å². The fraction of sp³-hybridized carbons (Fsp3) is 0.217. The minimum absolute atomic E-state index is 0.146. The van der Waals surface area contributed by atoms with Crippen LogP contribution in [0.15, 0.2) is 42.5 Å². The summed E-state index contributed by atoms with van der Waals surface area (Å²) in [5.74, 6) is 5.10. The van der Waals surface area contributed by atoms with Crippen molar-refractivity contribution in [3.05, 3.63) is 59.3 Å². The summed E-state index contributed by atoms with van der Waals surface area (Å²) >= 11 is 0. The number of nitriles is 1. The Balaban J connectivity index is 1.97. The van der Waals surface area contributed by atoms with Crippen LogP contribution < -0.4 is 0 Å². The predicted octanol–water partition coefficient (Wildman–Crippen LogP) is 1.87. The van der Waals surface area contributed by atoms with E-state index in [1.165, 1.54) is 12.0 Å². The Labute approximate surface area is 179 Å². The van der Waals surface area contributed by atoms with Crippen LogP contribution in [0.2, 0.25) is 0 Å². The predicted molar refractivity (Wildman–Crippen MR) is 113 cm³/mol. The molecule has 8 heteroatoms. The van der Waals surface area contributed by atoms with Crippen molar-refractivity contribution in [3.8, 4) is 23.6 Å². The number of amides is 1. The van der Waals surface area contributed by atoms with Gasteiger partial charge in [0.15, 0.2) is 5.69 Å². The minimum atomic E-state index is -0.874. The average Bonchev–Trinajstić information content (AvgIpc) is 3.19. The van der Waals surface area contributed by atoms with Crippen molar-refractivity contribution in [1.29, 1.82) is 5.26 Å². The third kappa shape index (κ3) is 4.89. The summed E-state index contributed by atoms with van der Waals surface area (Å²) in [6, 6.07) is 14.2. The highest BCUT2D eigenvalue weighted by Crippen LogP contribution is 2.24. The van der Waals surface area contributed by atoms with Crippen molar-refractivity contribution in [2.45, 2.75) is 12.5 Å². The van der Waals surface area contributed by atoms with Gasteiger partial charge in [0.05, 0.1) is 29.9 Å². The van der Waals surface area contributed by atoms with Gasteiger partial charge < -0.3 is 14.7 Å². The van der Waals surface area contributed by atoms with Crippen LogP contribution in [0, 0.1) is 23.2 Å². The highest BCUT2D eigenvalue weighted by Gasteiger charge is 2.19. The van der Waals surface area contributed by atoms with E-state index in [-0.39, 0.29) is 5.69 Å². The average molecular weight is 416 g/mol. The lowest BCUT2D eigenvalue weighted by Crippen LogP contribution is -2.21. The summed E-state index contributed by atoms with van der Waals surface area (Å²) in [6.07, 6.45) is 0.157. The maximum Gasteiger partial charge on any atom is 0.359 e.